The Hall–Kier alpha value is -5.24. The van der Waals surface area contributed by atoms with E-state index in [0.29, 0.717) is 23.6 Å². The maximum atomic E-state index is 12.7. The van der Waals surface area contributed by atoms with E-state index in [2.05, 4.69) is 21.2 Å². The Bertz CT molecular complexity index is 1410. The van der Waals surface area contributed by atoms with E-state index in [1.54, 1.807) is 54.6 Å². The lowest BCUT2D eigenvalue weighted by Crippen LogP contribution is -2.33. The monoisotopic (exact) mass is 492 g/mol. The molecule has 0 saturated carbocycles. The maximum Gasteiger partial charge on any atom is 0.329 e. The van der Waals surface area contributed by atoms with Gasteiger partial charge in [-0.05, 0) is 42.0 Å². The fourth-order valence-corrected chi connectivity index (χ4v) is 3.35. The van der Waals surface area contributed by atoms with Crippen LogP contribution in [0.2, 0.25) is 0 Å². The van der Waals surface area contributed by atoms with Crippen LogP contribution in [0.4, 0.5) is 11.4 Å². The number of hydrazone groups is 1. The minimum absolute atomic E-state index is 0.194. The highest BCUT2D eigenvalue weighted by Gasteiger charge is 2.17. The molecule has 0 spiro atoms. The van der Waals surface area contributed by atoms with Crippen molar-refractivity contribution in [1.82, 2.24) is 5.43 Å². The van der Waals surface area contributed by atoms with Gasteiger partial charge in [0.15, 0.2) is 0 Å². The lowest BCUT2D eigenvalue weighted by Gasteiger charge is -2.11. The van der Waals surface area contributed by atoms with Crippen molar-refractivity contribution in [3.63, 3.8) is 0 Å². The SMILES string of the molecule is O=C(N/N=C/c1ccccc1OCc1ccccc1)C(=O)Nc1ccccc1C(=O)Nc1ccccc1. The summed E-state index contributed by atoms with van der Waals surface area (Å²) in [4.78, 5) is 37.5. The molecular formula is C29H24N4O4. The molecule has 8 heteroatoms. The quantitative estimate of drug-likeness (QED) is 0.190. The largest absolute Gasteiger partial charge is 0.488 e. The zero-order valence-electron chi connectivity index (χ0n) is 19.8. The van der Waals surface area contributed by atoms with Crippen LogP contribution in [0.15, 0.2) is 114 Å². The summed E-state index contributed by atoms with van der Waals surface area (Å²) < 4.78 is 5.86. The van der Waals surface area contributed by atoms with Gasteiger partial charge >= 0.3 is 11.8 Å². The van der Waals surface area contributed by atoms with Gasteiger partial charge in [-0.15, -0.1) is 0 Å². The Balaban J connectivity index is 1.35. The molecule has 0 unspecified atom stereocenters. The molecule has 8 nitrogen and oxygen atoms in total. The fourth-order valence-electron chi connectivity index (χ4n) is 3.35. The Morgan fingerprint density at radius 3 is 2.14 bits per heavy atom. The third-order valence-electron chi connectivity index (χ3n) is 5.18. The number of benzene rings is 4. The van der Waals surface area contributed by atoms with Crippen LogP contribution >= 0.6 is 0 Å². The standard InChI is InChI=1S/C29H24N4O4/c34-27(31-23-14-5-2-6-15-23)24-16-8-9-17-25(24)32-28(35)29(36)33-30-19-22-13-7-10-18-26(22)37-20-21-11-3-1-4-12-21/h1-19H,20H2,(H,31,34)(H,32,35)(H,33,36)/b30-19+. The molecule has 37 heavy (non-hydrogen) atoms. The van der Waals surface area contributed by atoms with E-state index < -0.39 is 17.7 Å². The third kappa shape index (κ3) is 7.12. The molecule has 0 radical (unpaired) electrons. The number of nitrogens with one attached hydrogen (secondary N) is 3. The number of anilines is 2. The van der Waals surface area contributed by atoms with Gasteiger partial charge in [0.2, 0.25) is 0 Å². The number of rotatable bonds is 8. The number of para-hydroxylation sites is 3. The fraction of sp³-hybridized carbons (Fsp3) is 0.0345. The minimum atomic E-state index is -0.989. The van der Waals surface area contributed by atoms with Crippen LogP contribution in [0.5, 0.6) is 5.75 Å². The van der Waals surface area contributed by atoms with Crippen molar-refractivity contribution >= 4 is 35.3 Å². The summed E-state index contributed by atoms with van der Waals surface area (Å²) in [6.45, 7) is 0.373. The number of carbonyl (C=O) groups is 3. The number of nitrogens with zero attached hydrogens (tertiary/aromatic N) is 1. The van der Waals surface area contributed by atoms with Crippen LogP contribution in [0, 0.1) is 0 Å². The molecule has 0 heterocycles. The topological polar surface area (TPSA) is 109 Å². The summed E-state index contributed by atoms with van der Waals surface area (Å²) in [5.74, 6) is -1.80. The molecule has 4 aromatic rings. The van der Waals surface area contributed by atoms with Gasteiger partial charge in [-0.25, -0.2) is 5.43 Å². The van der Waals surface area contributed by atoms with Crippen LogP contribution in [0.1, 0.15) is 21.5 Å². The van der Waals surface area contributed by atoms with Gasteiger partial charge in [0, 0.05) is 11.3 Å². The highest BCUT2D eigenvalue weighted by Crippen LogP contribution is 2.19. The van der Waals surface area contributed by atoms with Crippen LogP contribution < -0.4 is 20.8 Å². The van der Waals surface area contributed by atoms with Gasteiger partial charge in [-0.2, -0.15) is 5.10 Å². The summed E-state index contributed by atoms with van der Waals surface area (Å²) in [5, 5.41) is 9.11. The lowest BCUT2D eigenvalue weighted by atomic mass is 10.1. The Labute approximate surface area is 214 Å². The van der Waals surface area contributed by atoms with Crippen molar-refractivity contribution < 1.29 is 19.1 Å². The van der Waals surface area contributed by atoms with Crippen molar-refractivity contribution in [2.45, 2.75) is 6.61 Å². The van der Waals surface area contributed by atoms with Gasteiger partial charge < -0.3 is 15.4 Å². The predicted molar refractivity (Wildman–Crippen MR) is 142 cm³/mol. The van der Waals surface area contributed by atoms with Gasteiger partial charge in [0.05, 0.1) is 17.5 Å². The van der Waals surface area contributed by atoms with Crippen molar-refractivity contribution in [2.75, 3.05) is 10.6 Å². The van der Waals surface area contributed by atoms with E-state index in [4.69, 9.17) is 4.74 Å². The first-order valence-electron chi connectivity index (χ1n) is 11.5. The molecule has 4 rings (SSSR count). The van der Waals surface area contributed by atoms with Gasteiger partial charge in [-0.3, -0.25) is 14.4 Å². The summed E-state index contributed by atoms with van der Waals surface area (Å²) in [5.41, 5.74) is 4.85. The number of ether oxygens (including phenoxy) is 1. The minimum Gasteiger partial charge on any atom is -0.488 e. The van der Waals surface area contributed by atoms with Crippen molar-refractivity contribution in [3.8, 4) is 5.75 Å². The molecule has 4 aromatic carbocycles. The number of hydrogen-bond donors (Lipinski definition) is 3. The number of hydrogen-bond acceptors (Lipinski definition) is 5. The predicted octanol–water partition coefficient (Wildman–Crippen LogP) is 4.61. The van der Waals surface area contributed by atoms with Crippen molar-refractivity contribution in [1.29, 1.82) is 0 Å². The van der Waals surface area contributed by atoms with Crippen molar-refractivity contribution in [3.05, 3.63) is 126 Å². The second kappa shape index (κ2) is 12.5. The zero-order valence-corrected chi connectivity index (χ0v) is 19.8. The first-order valence-corrected chi connectivity index (χ1v) is 11.5. The van der Waals surface area contributed by atoms with E-state index in [1.807, 2.05) is 48.5 Å². The molecule has 0 aromatic heterocycles. The average Bonchev–Trinajstić information content (AvgIpc) is 2.94. The van der Waals surface area contributed by atoms with Crippen LogP contribution in [0.3, 0.4) is 0 Å². The molecule has 3 amide bonds. The molecule has 3 N–H and O–H groups in total. The van der Waals surface area contributed by atoms with Crippen LogP contribution in [-0.2, 0) is 16.2 Å². The lowest BCUT2D eigenvalue weighted by molar-refractivity contribution is -0.136. The Kier molecular flexibility index (Phi) is 8.38. The number of carbonyl (C=O) groups excluding carboxylic acids is 3. The van der Waals surface area contributed by atoms with Crippen LogP contribution in [0.25, 0.3) is 0 Å². The normalized spacial score (nSPS) is 10.5. The zero-order chi connectivity index (χ0) is 25.9. The van der Waals surface area contributed by atoms with E-state index in [9.17, 15) is 14.4 Å². The van der Waals surface area contributed by atoms with Gasteiger partial charge in [0.25, 0.3) is 5.91 Å². The second-order valence-electron chi connectivity index (χ2n) is 7.83. The first-order chi connectivity index (χ1) is 18.1. The summed E-state index contributed by atoms with van der Waals surface area (Å²) in [7, 11) is 0. The smallest absolute Gasteiger partial charge is 0.329 e. The van der Waals surface area contributed by atoms with E-state index in [0.717, 1.165) is 5.56 Å². The van der Waals surface area contributed by atoms with E-state index >= 15 is 0 Å². The summed E-state index contributed by atoms with van der Waals surface area (Å²) >= 11 is 0. The molecule has 0 fully saturated rings. The molecular weight excluding hydrogens is 468 g/mol. The molecule has 0 aliphatic carbocycles. The summed E-state index contributed by atoms with van der Waals surface area (Å²) in [6, 6.07) is 32.2. The maximum absolute atomic E-state index is 12.7. The van der Waals surface area contributed by atoms with Gasteiger partial charge in [0.1, 0.15) is 12.4 Å². The Morgan fingerprint density at radius 1 is 0.703 bits per heavy atom. The summed E-state index contributed by atoms with van der Waals surface area (Å²) in [6.07, 6.45) is 1.40. The van der Waals surface area contributed by atoms with E-state index in [1.165, 1.54) is 12.3 Å². The van der Waals surface area contributed by atoms with Crippen LogP contribution in [-0.4, -0.2) is 23.9 Å². The molecule has 0 bridgehead atoms. The average molecular weight is 493 g/mol. The number of amides is 3. The third-order valence-corrected chi connectivity index (χ3v) is 5.18. The molecule has 0 saturated heterocycles. The molecule has 0 aliphatic heterocycles. The highest BCUT2D eigenvalue weighted by atomic mass is 16.5. The first kappa shape index (κ1) is 24.9. The highest BCUT2D eigenvalue weighted by molar-refractivity contribution is 6.40. The van der Waals surface area contributed by atoms with Crippen molar-refractivity contribution in [2.24, 2.45) is 5.10 Å². The van der Waals surface area contributed by atoms with E-state index in [-0.39, 0.29) is 11.3 Å². The second-order valence-corrected chi connectivity index (χ2v) is 7.83. The Morgan fingerprint density at radius 2 is 1.35 bits per heavy atom. The molecule has 184 valence electrons. The van der Waals surface area contributed by atoms with Gasteiger partial charge in [-0.1, -0.05) is 72.8 Å². The molecule has 0 atom stereocenters. The molecule has 0 aliphatic rings.